The summed E-state index contributed by atoms with van der Waals surface area (Å²) in [7, 11) is 0. The first kappa shape index (κ1) is 14.6. The van der Waals surface area contributed by atoms with Crippen molar-refractivity contribution in [3.8, 4) is 0 Å². The molecule has 3 aromatic rings. The minimum atomic E-state index is -0.529. The van der Waals surface area contributed by atoms with Crippen molar-refractivity contribution in [3.63, 3.8) is 0 Å². The van der Waals surface area contributed by atoms with Crippen LogP contribution in [0.4, 0.5) is 4.39 Å². The third-order valence-electron chi connectivity index (χ3n) is 3.15. The highest BCUT2D eigenvalue weighted by atomic mass is 19.1. The zero-order valence-corrected chi connectivity index (χ0v) is 11.8. The smallest absolute Gasteiger partial charge is 0.226 e. The van der Waals surface area contributed by atoms with E-state index in [1.807, 2.05) is 0 Å². The van der Waals surface area contributed by atoms with Crippen molar-refractivity contribution in [2.75, 3.05) is 0 Å². The van der Waals surface area contributed by atoms with Crippen LogP contribution in [0, 0.1) is 5.82 Å². The molecule has 0 fully saturated rings. The van der Waals surface area contributed by atoms with Gasteiger partial charge in [-0.1, -0.05) is 18.2 Å². The van der Waals surface area contributed by atoms with Gasteiger partial charge in [0.05, 0.1) is 0 Å². The summed E-state index contributed by atoms with van der Waals surface area (Å²) in [4.78, 5) is 15.5. The molecule has 7 nitrogen and oxygen atoms in total. The average Bonchev–Trinajstić information content (AvgIpc) is 3.21. The SMILES string of the molecule is O=C(C=C(O)c1cc(Cc2ccccc2F)[nH]n1)c1ncn[nH]1. The summed E-state index contributed by atoms with van der Waals surface area (Å²) in [6.07, 6.45) is 2.48. The van der Waals surface area contributed by atoms with Gasteiger partial charge in [0.2, 0.25) is 5.78 Å². The maximum absolute atomic E-state index is 13.6. The number of aromatic amines is 2. The van der Waals surface area contributed by atoms with E-state index in [1.54, 1.807) is 24.3 Å². The number of carbonyl (C=O) groups excluding carboxylic acids is 1. The van der Waals surface area contributed by atoms with E-state index in [1.165, 1.54) is 12.4 Å². The lowest BCUT2D eigenvalue weighted by Crippen LogP contribution is -1.99. The van der Waals surface area contributed by atoms with Gasteiger partial charge in [0, 0.05) is 18.2 Å². The molecule has 0 aliphatic carbocycles. The molecule has 1 aromatic carbocycles. The standard InChI is InChI=1S/C15H12FN5O2/c16-11-4-2-1-3-9(11)5-10-6-12(20-19-10)13(22)7-14(23)15-17-8-18-21-15/h1-4,6-8,22H,5H2,(H,19,20)(H,17,18,21). The Morgan fingerprint density at radius 1 is 1.30 bits per heavy atom. The molecule has 0 bridgehead atoms. The van der Waals surface area contributed by atoms with E-state index >= 15 is 0 Å². The van der Waals surface area contributed by atoms with Crippen molar-refractivity contribution >= 4 is 11.5 Å². The van der Waals surface area contributed by atoms with Crippen LogP contribution < -0.4 is 0 Å². The summed E-state index contributed by atoms with van der Waals surface area (Å²) < 4.78 is 13.6. The van der Waals surface area contributed by atoms with Crippen LogP contribution in [-0.2, 0) is 6.42 Å². The van der Waals surface area contributed by atoms with Gasteiger partial charge >= 0.3 is 0 Å². The van der Waals surface area contributed by atoms with Gasteiger partial charge in [0.25, 0.3) is 0 Å². The Labute approximate surface area is 129 Å². The Morgan fingerprint density at radius 2 is 2.13 bits per heavy atom. The number of nitrogens with one attached hydrogen (secondary N) is 2. The highest BCUT2D eigenvalue weighted by Gasteiger charge is 2.12. The number of allylic oxidation sites excluding steroid dienone is 1. The molecule has 0 unspecified atom stereocenters. The summed E-state index contributed by atoms with van der Waals surface area (Å²) in [6, 6.07) is 7.94. The van der Waals surface area contributed by atoms with Crippen LogP contribution >= 0.6 is 0 Å². The molecule has 2 aromatic heterocycles. The number of benzene rings is 1. The number of nitrogens with zero attached hydrogens (tertiary/aromatic N) is 3. The first-order valence-electron chi connectivity index (χ1n) is 6.72. The highest BCUT2D eigenvalue weighted by Crippen LogP contribution is 2.15. The Bertz CT molecular complexity index is 854. The second kappa shape index (κ2) is 6.22. The van der Waals surface area contributed by atoms with Crippen molar-refractivity contribution in [3.05, 3.63) is 71.3 Å². The van der Waals surface area contributed by atoms with Gasteiger partial charge in [-0.15, -0.1) is 0 Å². The Morgan fingerprint density at radius 3 is 2.87 bits per heavy atom. The molecule has 0 aliphatic rings. The molecule has 8 heteroatoms. The van der Waals surface area contributed by atoms with E-state index < -0.39 is 5.78 Å². The monoisotopic (exact) mass is 313 g/mol. The molecule has 3 N–H and O–H groups in total. The van der Waals surface area contributed by atoms with Gasteiger partial charge < -0.3 is 5.11 Å². The van der Waals surface area contributed by atoms with Crippen LogP contribution in [0.1, 0.15) is 27.6 Å². The highest BCUT2D eigenvalue weighted by molar-refractivity contribution is 6.05. The molecule has 0 amide bonds. The number of carbonyl (C=O) groups is 1. The molecule has 0 saturated heterocycles. The predicted octanol–water partition coefficient (Wildman–Crippen LogP) is 2.04. The van der Waals surface area contributed by atoms with Crippen molar-refractivity contribution in [2.24, 2.45) is 0 Å². The van der Waals surface area contributed by atoms with Crippen molar-refractivity contribution in [2.45, 2.75) is 6.42 Å². The molecule has 116 valence electrons. The lowest BCUT2D eigenvalue weighted by atomic mass is 10.1. The van der Waals surface area contributed by atoms with Crippen LogP contribution in [0.5, 0.6) is 0 Å². The van der Waals surface area contributed by atoms with E-state index in [9.17, 15) is 14.3 Å². The number of halogens is 1. The molecular formula is C15H12FN5O2. The fourth-order valence-electron chi connectivity index (χ4n) is 2.02. The molecule has 23 heavy (non-hydrogen) atoms. The maximum atomic E-state index is 13.6. The van der Waals surface area contributed by atoms with Crippen molar-refractivity contribution < 1.29 is 14.3 Å². The summed E-state index contributed by atoms with van der Waals surface area (Å²) in [5.74, 6) is -1.15. The second-order valence-corrected chi connectivity index (χ2v) is 4.77. The third-order valence-corrected chi connectivity index (χ3v) is 3.15. The molecule has 3 rings (SSSR count). The summed E-state index contributed by atoms with van der Waals surface area (Å²) in [6.45, 7) is 0. The Kier molecular flexibility index (Phi) is 3.96. The molecule has 0 aliphatic heterocycles. The van der Waals surface area contributed by atoms with E-state index in [-0.39, 0.29) is 23.1 Å². The predicted molar refractivity (Wildman–Crippen MR) is 79.1 cm³/mol. The van der Waals surface area contributed by atoms with Crippen LogP contribution in [0.15, 0.2) is 42.7 Å². The Hall–Kier alpha value is -3.29. The third kappa shape index (κ3) is 3.31. The van der Waals surface area contributed by atoms with E-state index in [2.05, 4.69) is 25.4 Å². The second-order valence-electron chi connectivity index (χ2n) is 4.77. The minimum absolute atomic E-state index is 0.0127. The van der Waals surface area contributed by atoms with Crippen molar-refractivity contribution in [1.82, 2.24) is 25.4 Å². The number of H-pyrrole nitrogens is 2. The number of ketones is 1. The van der Waals surface area contributed by atoms with Gasteiger partial charge in [0.1, 0.15) is 23.6 Å². The largest absolute Gasteiger partial charge is 0.505 e. The first-order valence-corrected chi connectivity index (χ1v) is 6.72. The van der Waals surface area contributed by atoms with Gasteiger partial charge in [0.15, 0.2) is 5.82 Å². The number of aliphatic hydroxyl groups is 1. The summed E-state index contributed by atoms with van der Waals surface area (Å²) in [5.41, 5.74) is 1.30. The summed E-state index contributed by atoms with van der Waals surface area (Å²) in [5, 5.41) is 22.5. The first-order chi connectivity index (χ1) is 11.1. The minimum Gasteiger partial charge on any atom is -0.505 e. The summed E-state index contributed by atoms with van der Waals surface area (Å²) >= 11 is 0. The topological polar surface area (TPSA) is 108 Å². The fraction of sp³-hybridized carbons (Fsp3) is 0.0667. The van der Waals surface area contributed by atoms with Crippen LogP contribution in [0.2, 0.25) is 0 Å². The van der Waals surface area contributed by atoms with Crippen LogP contribution in [-0.4, -0.2) is 36.3 Å². The zero-order chi connectivity index (χ0) is 16.2. The average molecular weight is 313 g/mol. The van der Waals surface area contributed by atoms with E-state index in [0.29, 0.717) is 17.7 Å². The normalized spacial score (nSPS) is 11.6. The van der Waals surface area contributed by atoms with Crippen LogP contribution in [0.3, 0.4) is 0 Å². The number of rotatable bonds is 5. The quantitative estimate of drug-likeness (QED) is 0.379. The number of aromatic nitrogens is 5. The molecule has 2 heterocycles. The van der Waals surface area contributed by atoms with Gasteiger partial charge in [-0.3, -0.25) is 15.0 Å². The lowest BCUT2D eigenvalue weighted by molar-refractivity contribution is 0.103. The molecule has 0 atom stereocenters. The van der Waals surface area contributed by atoms with E-state index in [4.69, 9.17) is 0 Å². The molecular weight excluding hydrogens is 301 g/mol. The van der Waals surface area contributed by atoms with Gasteiger partial charge in [-0.25, -0.2) is 9.37 Å². The number of hydrogen-bond donors (Lipinski definition) is 3. The molecule has 0 spiro atoms. The van der Waals surface area contributed by atoms with Crippen LogP contribution in [0.25, 0.3) is 5.76 Å². The molecule has 0 radical (unpaired) electrons. The van der Waals surface area contributed by atoms with Gasteiger partial charge in [-0.2, -0.15) is 10.2 Å². The zero-order valence-electron chi connectivity index (χ0n) is 11.8. The maximum Gasteiger partial charge on any atom is 0.226 e. The van der Waals surface area contributed by atoms with Gasteiger partial charge in [-0.05, 0) is 17.7 Å². The number of hydrogen-bond acceptors (Lipinski definition) is 5. The molecule has 0 saturated carbocycles. The van der Waals surface area contributed by atoms with Crippen molar-refractivity contribution in [1.29, 1.82) is 0 Å². The fourth-order valence-corrected chi connectivity index (χ4v) is 2.02. The Balaban J connectivity index is 1.76. The lowest BCUT2D eigenvalue weighted by Gasteiger charge is -1.99. The number of aliphatic hydroxyl groups excluding tert-OH is 1. The van der Waals surface area contributed by atoms with E-state index in [0.717, 1.165) is 6.08 Å².